The molecule has 1 N–H and O–H groups in total. The Kier molecular flexibility index (Phi) is 8.63. The Labute approximate surface area is 223 Å². The van der Waals surface area contributed by atoms with E-state index in [9.17, 15) is 22.7 Å². The van der Waals surface area contributed by atoms with Crippen LogP contribution in [0, 0.1) is 17.6 Å². The fourth-order valence-corrected chi connectivity index (χ4v) is 6.56. The lowest BCUT2D eigenvalue weighted by molar-refractivity contribution is -0.173. The molecule has 0 radical (unpaired) electrons. The lowest BCUT2D eigenvalue weighted by Crippen LogP contribution is -2.41. The van der Waals surface area contributed by atoms with E-state index in [2.05, 4.69) is 11.9 Å². The molecule has 3 nitrogen and oxygen atoms in total. The Morgan fingerprint density at radius 1 is 1.16 bits per heavy atom. The number of rotatable bonds is 10. The first-order valence-electron chi connectivity index (χ1n) is 12.4. The van der Waals surface area contributed by atoms with Crippen LogP contribution in [0.15, 0.2) is 36.4 Å². The Morgan fingerprint density at radius 3 is 2.57 bits per heavy atom. The van der Waals surface area contributed by atoms with Crippen LogP contribution in [0.25, 0.3) is 0 Å². The normalized spacial score (nSPS) is 19.6. The molecule has 1 aromatic carbocycles. The van der Waals surface area contributed by atoms with Gasteiger partial charge in [-0.3, -0.25) is 4.98 Å². The molecular weight excluding hydrogens is 526 g/mol. The van der Waals surface area contributed by atoms with Crippen molar-refractivity contribution in [3.8, 4) is 0 Å². The molecule has 1 aliphatic rings. The van der Waals surface area contributed by atoms with Crippen molar-refractivity contribution in [3.05, 3.63) is 85.3 Å². The number of aliphatic hydroxyl groups is 1. The Hall–Kier alpha value is -2.00. The first kappa shape index (κ1) is 28.0. The number of alkyl halides is 2. The SMILES string of the molecule is CCCC1(CCC(C)Cc2ccc(Cc3c(F)cccc3F)nc2CO)OCC(F)(F)c2cc(Cl)sc21. The van der Waals surface area contributed by atoms with Crippen molar-refractivity contribution in [2.75, 3.05) is 6.61 Å². The molecule has 0 amide bonds. The van der Waals surface area contributed by atoms with E-state index in [-0.39, 0.29) is 30.1 Å². The number of pyridine rings is 1. The van der Waals surface area contributed by atoms with E-state index in [1.54, 1.807) is 6.07 Å². The van der Waals surface area contributed by atoms with E-state index in [1.807, 2.05) is 13.0 Å². The molecule has 4 rings (SSSR count). The van der Waals surface area contributed by atoms with Gasteiger partial charge in [-0.1, -0.05) is 44.0 Å². The number of fused-ring (bicyclic) bond motifs is 1. The first-order valence-corrected chi connectivity index (χ1v) is 13.6. The van der Waals surface area contributed by atoms with E-state index in [1.165, 1.54) is 35.6 Å². The molecule has 0 spiro atoms. The monoisotopic (exact) mass is 555 g/mol. The minimum Gasteiger partial charge on any atom is -0.390 e. The molecule has 200 valence electrons. The molecule has 0 aliphatic carbocycles. The van der Waals surface area contributed by atoms with Crippen LogP contribution in [0.1, 0.15) is 72.5 Å². The van der Waals surface area contributed by atoms with E-state index in [0.717, 1.165) is 12.0 Å². The number of thiophene rings is 1. The number of ether oxygens (including phenoxy) is 1. The van der Waals surface area contributed by atoms with Crippen LogP contribution in [0.4, 0.5) is 17.6 Å². The number of hydrogen-bond acceptors (Lipinski definition) is 4. The minimum absolute atomic E-state index is 0.0193. The lowest BCUT2D eigenvalue weighted by Gasteiger charge is -2.40. The summed E-state index contributed by atoms with van der Waals surface area (Å²) in [4.78, 5) is 4.98. The third-order valence-electron chi connectivity index (χ3n) is 7.00. The Morgan fingerprint density at radius 2 is 1.89 bits per heavy atom. The van der Waals surface area contributed by atoms with Crippen molar-refractivity contribution in [2.45, 2.75) is 70.5 Å². The number of benzene rings is 1. The van der Waals surface area contributed by atoms with E-state index in [4.69, 9.17) is 16.3 Å². The molecule has 2 atom stereocenters. The van der Waals surface area contributed by atoms with E-state index in [0.29, 0.717) is 46.3 Å². The van der Waals surface area contributed by atoms with Gasteiger partial charge in [0, 0.05) is 28.1 Å². The third kappa shape index (κ3) is 6.03. The van der Waals surface area contributed by atoms with Gasteiger partial charge in [0.05, 0.1) is 16.6 Å². The molecule has 3 heterocycles. The highest BCUT2D eigenvalue weighted by atomic mass is 35.5. The summed E-state index contributed by atoms with van der Waals surface area (Å²) < 4.78 is 63.4. The van der Waals surface area contributed by atoms with Gasteiger partial charge >= 0.3 is 0 Å². The van der Waals surface area contributed by atoms with Crippen molar-refractivity contribution >= 4 is 22.9 Å². The first-order chi connectivity index (χ1) is 17.6. The van der Waals surface area contributed by atoms with Crippen molar-refractivity contribution in [3.63, 3.8) is 0 Å². The van der Waals surface area contributed by atoms with E-state index < -0.39 is 29.8 Å². The summed E-state index contributed by atoms with van der Waals surface area (Å²) in [6.45, 7) is 3.10. The third-order valence-corrected chi connectivity index (χ3v) is 8.45. The average Bonchev–Trinajstić information content (AvgIpc) is 3.27. The topological polar surface area (TPSA) is 42.4 Å². The van der Waals surface area contributed by atoms with Crippen LogP contribution < -0.4 is 0 Å². The van der Waals surface area contributed by atoms with Crippen molar-refractivity contribution in [2.24, 2.45) is 5.92 Å². The second kappa shape index (κ2) is 11.4. The van der Waals surface area contributed by atoms with Crippen LogP contribution in [0.5, 0.6) is 0 Å². The molecule has 0 fully saturated rings. The maximum absolute atomic E-state index is 14.5. The summed E-state index contributed by atoms with van der Waals surface area (Å²) in [6.07, 6.45) is 3.24. The lowest BCUT2D eigenvalue weighted by atomic mass is 9.82. The quantitative estimate of drug-likeness (QED) is 0.258. The molecule has 0 bridgehead atoms. The maximum Gasteiger partial charge on any atom is 0.297 e. The predicted octanol–water partition coefficient (Wildman–Crippen LogP) is 7.93. The summed E-state index contributed by atoms with van der Waals surface area (Å²) >= 11 is 7.32. The molecule has 3 aromatic rings. The zero-order valence-corrected chi connectivity index (χ0v) is 22.4. The highest BCUT2D eigenvalue weighted by Crippen LogP contribution is 2.52. The van der Waals surface area contributed by atoms with Gasteiger partial charge in [-0.15, -0.1) is 11.3 Å². The molecule has 0 saturated carbocycles. The Bertz CT molecular complexity index is 1230. The molecule has 2 unspecified atom stereocenters. The maximum atomic E-state index is 14.5. The molecular formula is C28H30ClF4NO2S. The fraction of sp³-hybridized carbons (Fsp3) is 0.464. The van der Waals surface area contributed by atoms with Gasteiger partial charge in [-0.2, -0.15) is 8.78 Å². The molecule has 9 heteroatoms. The summed E-state index contributed by atoms with van der Waals surface area (Å²) in [6, 6.07) is 8.64. The largest absolute Gasteiger partial charge is 0.390 e. The zero-order valence-electron chi connectivity index (χ0n) is 20.8. The fourth-order valence-electron chi connectivity index (χ4n) is 5.08. The van der Waals surface area contributed by atoms with Gasteiger partial charge in [0.1, 0.15) is 23.8 Å². The van der Waals surface area contributed by atoms with Crippen LogP contribution in [-0.4, -0.2) is 16.7 Å². The van der Waals surface area contributed by atoms with Crippen molar-refractivity contribution in [1.29, 1.82) is 0 Å². The van der Waals surface area contributed by atoms with Crippen LogP contribution in [0.2, 0.25) is 4.34 Å². The summed E-state index contributed by atoms with van der Waals surface area (Å²) in [5.41, 5.74) is 0.878. The van der Waals surface area contributed by atoms with Gasteiger partial charge < -0.3 is 9.84 Å². The van der Waals surface area contributed by atoms with Gasteiger partial charge in [0.25, 0.3) is 5.92 Å². The molecule has 1 aliphatic heterocycles. The van der Waals surface area contributed by atoms with Crippen LogP contribution >= 0.6 is 22.9 Å². The molecule has 2 aromatic heterocycles. The molecule has 37 heavy (non-hydrogen) atoms. The highest BCUT2D eigenvalue weighted by Gasteiger charge is 2.50. The number of aromatic nitrogens is 1. The number of aliphatic hydroxyl groups excluding tert-OH is 1. The number of halogens is 5. The zero-order chi connectivity index (χ0) is 26.8. The summed E-state index contributed by atoms with van der Waals surface area (Å²) in [7, 11) is 0. The predicted molar refractivity (Wildman–Crippen MR) is 137 cm³/mol. The summed E-state index contributed by atoms with van der Waals surface area (Å²) in [5.74, 6) is -4.19. The van der Waals surface area contributed by atoms with Crippen LogP contribution in [-0.2, 0) is 35.7 Å². The van der Waals surface area contributed by atoms with Crippen molar-refractivity contribution < 1.29 is 27.4 Å². The summed E-state index contributed by atoms with van der Waals surface area (Å²) in [5, 5.41) is 9.92. The van der Waals surface area contributed by atoms with Gasteiger partial charge in [0.2, 0.25) is 0 Å². The Balaban J connectivity index is 1.48. The second-order valence-corrected chi connectivity index (χ2v) is 11.5. The number of nitrogens with zero attached hydrogens (tertiary/aromatic N) is 1. The smallest absolute Gasteiger partial charge is 0.297 e. The van der Waals surface area contributed by atoms with Crippen molar-refractivity contribution in [1.82, 2.24) is 4.98 Å². The van der Waals surface area contributed by atoms with Gasteiger partial charge in [-0.25, -0.2) is 8.78 Å². The minimum atomic E-state index is -3.06. The average molecular weight is 556 g/mol. The number of hydrogen-bond donors (Lipinski definition) is 1. The van der Waals surface area contributed by atoms with Gasteiger partial charge in [0.15, 0.2) is 0 Å². The van der Waals surface area contributed by atoms with E-state index >= 15 is 0 Å². The highest BCUT2D eigenvalue weighted by molar-refractivity contribution is 7.16. The van der Waals surface area contributed by atoms with Gasteiger partial charge in [-0.05, 0) is 61.4 Å². The molecule has 0 saturated heterocycles. The second-order valence-electron chi connectivity index (χ2n) is 9.82. The van der Waals surface area contributed by atoms with Crippen LogP contribution in [0.3, 0.4) is 0 Å². The standard InChI is InChI=1S/C28H30ClF4NO2S/c1-3-10-27(26-21(14-25(29)37-26)28(32,33)16-36-27)11-9-17(2)12-18-7-8-19(34-24(18)15-35)13-20-22(30)5-4-6-23(20)31/h4-8,14,17,35H,3,9-13,15-16H2,1-2H3.